The smallest absolute Gasteiger partial charge is 0.186 e. The van der Waals surface area contributed by atoms with Crippen LogP contribution in [0.1, 0.15) is 19.4 Å². The molecule has 1 aromatic carbocycles. The van der Waals surface area contributed by atoms with Crippen LogP contribution in [0.2, 0.25) is 0 Å². The van der Waals surface area contributed by atoms with Crippen LogP contribution in [-0.2, 0) is 6.54 Å². The molecule has 1 aliphatic heterocycles. The Kier molecular flexibility index (Phi) is 4.14. The van der Waals surface area contributed by atoms with Crippen LogP contribution in [0.25, 0.3) is 0 Å². The summed E-state index contributed by atoms with van der Waals surface area (Å²) in [6.07, 6.45) is 0. The van der Waals surface area contributed by atoms with Crippen molar-refractivity contribution in [2.45, 2.75) is 26.4 Å². The summed E-state index contributed by atoms with van der Waals surface area (Å²) in [5.41, 5.74) is 2.53. The van der Waals surface area contributed by atoms with Crippen molar-refractivity contribution in [3.63, 3.8) is 0 Å². The predicted molar refractivity (Wildman–Crippen MR) is 83.5 cm³/mol. The van der Waals surface area contributed by atoms with E-state index in [1.54, 1.807) is 12.1 Å². The van der Waals surface area contributed by atoms with Crippen LogP contribution < -0.4 is 4.31 Å². The molecule has 5 heteroatoms. The van der Waals surface area contributed by atoms with Crippen molar-refractivity contribution in [1.29, 1.82) is 0 Å². The van der Waals surface area contributed by atoms with E-state index in [0.717, 1.165) is 11.7 Å². The van der Waals surface area contributed by atoms with Gasteiger partial charge in [0.2, 0.25) is 0 Å². The molecular weight excluding hydrogens is 262 g/mol. The first-order valence-electron chi connectivity index (χ1n) is 6.04. The van der Waals surface area contributed by atoms with Gasteiger partial charge in [-0.3, -0.25) is 0 Å². The highest BCUT2D eigenvalue weighted by molar-refractivity contribution is 8.00. The molecule has 0 aromatic heterocycles. The van der Waals surface area contributed by atoms with E-state index >= 15 is 0 Å². The van der Waals surface area contributed by atoms with E-state index in [1.807, 2.05) is 19.0 Å². The number of fused-ring (bicyclic) bond motifs is 1. The van der Waals surface area contributed by atoms with Crippen LogP contribution in [-0.4, -0.2) is 34.5 Å². The number of thiocarbonyl (C=S) groups is 1. The monoisotopic (exact) mass is 281 g/mol. The van der Waals surface area contributed by atoms with Crippen LogP contribution in [0.5, 0.6) is 0 Å². The Labute approximate surface area is 119 Å². The van der Waals surface area contributed by atoms with Gasteiger partial charge in [0.25, 0.3) is 0 Å². The third-order valence-corrected chi connectivity index (χ3v) is 4.81. The Morgan fingerprint density at radius 3 is 2.61 bits per heavy atom. The molecule has 0 saturated carbocycles. The minimum atomic E-state index is 0.482. The van der Waals surface area contributed by atoms with E-state index in [0.29, 0.717) is 6.04 Å². The van der Waals surface area contributed by atoms with Crippen molar-refractivity contribution in [3.05, 3.63) is 29.8 Å². The highest BCUT2D eigenvalue weighted by atomic mass is 32.2. The van der Waals surface area contributed by atoms with Crippen LogP contribution >= 0.6 is 24.4 Å². The van der Waals surface area contributed by atoms with Crippen molar-refractivity contribution < 1.29 is 0 Å². The van der Waals surface area contributed by atoms with E-state index < -0.39 is 0 Å². The van der Waals surface area contributed by atoms with Crippen molar-refractivity contribution in [2.75, 3.05) is 18.4 Å². The molecule has 0 aliphatic carbocycles. The number of para-hydroxylation sites is 1. The summed E-state index contributed by atoms with van der Waals surface area (Å²) in [6.45, 7) is 5.38. The van der Waals surface area contributed by atoms with E-state index in [-0.39, 0.29) is 0 Å². The molecule has 1 aliphatic rings. The van der Waals surface area contributed by atoms with Gasteiger partial charge in [-0.1, -0.05) is 18.2 Å². The van der Waals surface area contributed by atoms with Gasteiger partial charge in [0.1, 0.15) is 0 Å². The molecule has 1 aromatic rings. The van der Waals surface area contributed by atoms with Gasteiger partial charge in [-0.2, -0.15) is 0 Å². The lowest BCUT2D eigenvalue weighted by Crippen LogP contribution is -2.42. The first-order valence-corrected chi connectivity index (χ1v) is 7.18. The fourth-order valence-electron chi connectivity index (χ4n) is 1.78. The molecule has 18 heavy (non-hydrogen) atoms. The van der Waals surface area contributed by atoms with Gasteiger partial charge in [-0.05, 0) is 37.7 Å². The number of rotatable bonds is 1. The second-order valence-electron chi connectivity index (χ2n) is 4.85. The summed E-state index contributed by atoms with van der Waals surface area (Å²) < 4.78 is 4.48. The molecule has 98 valence electrons. The predicted octanol–water partition coefficient (Wildman–Crippen LogP) is 3.13. The molecule has 0 N–H and O–H groups in total. The highest BCUT2D eigenvalue weighted by Crippen LogP contribution is 2.37. The SMILES string of the molecule is CC(C)N1Cc2ccccc2N(C(=S)N(C)C)S1. The molecule has 3 nitrogen and oxygen atoms in total. The maximum atomic E-state index is 5.52. The Morgan fingerprint density at radius 2 is 2.00 bits per heavy atom. The molecule has 2 rings (SSSR count). The topological polar surface area (TPSA) is 9.72 Å². The maximum absolute atomic E-state index is 5.52. The lowest BCUT2D eigenvalue weighted by atomic mass is 10.1. The molecule has 0 radical (unpaired) electrons. The Morgan fingerprint density at radius 1 is 1.33 bits per heavy atom. The number of hydrogen-bond donors (Lipinski definition) is 0. The van der Waals surface area contributed by atoms with Crippen molar-refractivity contribution in [1.82, 2.24) is 9.21 Å². The van der Waals surface area contributed by atoms with Crippen molar-refractivity contribution in [3.8, 4) is 0 Å². The number of benzene rings is 1. The van der Waals surface area contributed by atoms with Crippen molar-refractivity contribution in [2.24, 2.45) is 0 Å². The van der Waals surface area contributed by atoms with Crippen LogP contribution in [0.15, 0.2) is 24.3 Å². The lowest BCUT2D eigenvalue weighted by Gasteiger charge is -2.39. The molecular formula is C13H19N3S2. The summed E-state index contributed by atoms with van der Waals surface area (Å²) >= 11 is 7.22. The third-order valence-electron chi connectivity index (χ3n) is 2.86. The van der Waals surface area contributed by atoms with Crippen LogP contribution in [0, 0.1) is 0 Å². The summed E-state index contributed by atoms with van der Waals surface area (Å²) in [7, 11) is 3.97. The molecule has 0 saturated heterocycles. The summed E-state index contributed by atoms with van der Waals surface area (Å²) in [6, 6.07) is 8.95. The van der Waals surface area contributed by atoms with Gasteiger partial charge >= 0.3 is 0 Å². The summed E-state index contributed by atoms with van der Waals surface area (Å²) in [5.74, 6) is 0. The zero-order valence-corrected chi connectivity index (χ0v) is 12.9. The Bertz CT molecular complexity index is 446. The molecule has 0 unspecified atom stereocenters. The third kappa shape index (κ3) is 2.63. The minimum absolute atomic E-state index is 0.482. The fourth-order valence-corrected chi connectivity index (χ4v) is 3.08. The van der Waals surface area contributed by atoms with Gasteiger partial charge in [0.05, 0.1) is 5.69 Å². The van der Waals surface area contributed by atoms with Crippen molar-refractivity contribution >= 4 is 35.2 Å². The Balaban J connectivity index is 2.36. The van der Waals surface area contributed by atoms with Crippen LogP contribution in [0.4, 0.5) is 5.69 Å². The van der Waals surface area contributed by atoms with Gasteiger partial charge < -0.3 is 4.90 Å². The van der Waals surface area contributed by atoms with E-state index in [4.69, 9.17) is 12.2 Å². The largest absolute Gasteiger partial charge is 0.354 e. The average molecular weight is 281 g/mol. The minimum Gasteiger partial charge on any atom is -0.354 e. The zero-order valence-electron chi connectivity index (χ0n) is 11.3. The zero-order chi connectivity index (χ0) is 13.3. The fraction of sp³-hybridized carbons (Fsp3) is 0.462. The van der Waals surface area contributed by atoms with Crippen LogP contribution in [0.3, 0.4) is 0 Å². The Hall–Kier alpha value is -0.780. The molecule has 0 amide bonds. The maximum Gasteiger partial charge on any atom is 0.186 e. The van der Waals surface area contributed by atoms with Gasteiger partial charge in [-0.15, -0.1) is 0 Å². The summed E-state index contributed by atoms with van der Waals surface area (Å²) in [5, 5.41) is 0.831. The second-order valence-corrected chi connectivity index (χ2v) is 6.21. The van der Waals surface area contributed by atoms with Gasteiger partial charge in [0.15, 0.2) is 5.11 Å². The van der Waals surface area contributed by atoms with E-state index in [1.165, 1.54) is 11.3 Å². The van der Waals surface area contributed by atoms with E-state index in [2.05, 4.69) is 46.7 Å². The van der Waals surface area contributed by atoms with Gasteiger partial charge in [-0.25, -0.2) is 8.61 Å². The lowest BCUT2D eigenvalue weighted by molar-refractivity contribution is 0.387. The summed E-state index contributed by atoms with van der Waals surface area (Å²) in [4.78, 5) is 1.98. The molecule has 0 spiro atoms. The van der Waals surface area contributed by atoms with E-state index in [9.17, 15) is 0 Å². The standard InChI is InChI=1S/C13H19N3S2/c1-10(2)15-9-11-7-5-6-8-12(11)16(18-15)13(17)14(3)4/h5-8,10H,9H2,1-4H3. The number of nitrogens with zero attached hydrogens (tertiary/aromatic N) is 3. The highest BCUT2D eigenvalue weighted by Gasteiger charge is 2.28. The molecule has 0 bridgehead atoms. The molecule has 0 atom stereocenters. The second kappa shape index (κ2) is 5.47. The molecule has 0 fully saturated rings. The average Bonchev–Trinajstić information content (AvgIpc) is 2.36. The van der Waals surface area contributed by atoms with Gasteiger partial charge in [0, 0.05) is 38.8 Å². The first-order chi connectivity index (χ1) is 8.50. The molecule has 1 heterocycles. The number of anilines is 1. The number of hydrogen-bond acceptors (Lipinski definition) is 3. The normalized spacial score (nSPS) is 15.7. The first kappa shape index (κ1) is 13.6. The quantitative estimate of drug-likeness (QED) is 0.576.